The highest BCUT2D eigenvalue weighted by Gasteiger charge is 2.46. The van der Waals surface area contributed by atoms with Gasteiger partial charge >= 0.3 is 0 Å². The number of rotatable bonds is 13. The third-order valence-electron chi connectivity index (χ3n) is 4.65. The summed E-state index contributed by atoms with van der Waals surface area (Å²) in [6.07, 6.45) is 7.74. The molecular formula is C17H42N3O4PS. The average molecular weight is 416 g/mol. The van der Waals surface area contributed by atoms with Crippen LogP contribution >= 0.6 is 7.71 Å². The molecule has 0 saturated carbocycles. The van der Waals surface area contributed by atoms with Gasteiger partial charge in [-0.15, -0.1) is 0 Å². The Morgan fingerprint density at radius 1 is 0.808 bits per heavy atom. The second-order valence-corrected chi connectivity index (χ2v) is 11.6. The molecule has 0 radical (unpaired) electrons. The monoisotopic (exact) mass is 415 g/mol. The van der Waals surface area contributed by atoms with Crippen molar-refractivity contribution >= 4 is 18.1 Å². The van der Waals surface area contributed by atoms with Crippen LogP contribution in [-0.4, -0.2) is 81.5 Å². The van der Waals surface area contributed by atoms with E-state index in [2.05, 4.69) is 66.8 Å². The van der Waals surface area contributed by atoms with Crippen LogP contribution < -0.4 is 0 Å². The van der Waals surface area contributed by atoms with E-state index in [0.717, 1.165) is 7.11 Å². The minimum Gasteiger partial charge on any atom is -0.726 e. The lowest BCUT2D eigenvalue weighted by Crippen LogP contribution is -2.41. The van der Waals surface area contributed by atoms with Crippen LogP contribution in [0.2, 0.25) is 0 Å². The van der Waals surface area contributed by atoms with Crippen LogP contribution in [0.25, 0.3) is 0 Å². The maximum absolute atomic E-state index is 9.22. The van der Waals surface area contributed by atoms with Crippen molar-refractivity contribution in [3.05, 3.63) is 0 Å². The fourth-order valence-corrected chi connectivity index (χ4v) is 5.64. The summed E-state index contributed by atoms with van der Waals surface area (Å²) in [7, 11) is 2.05. The molecule has 0 unspecified atom stereocenters. The van der Waals surface area contributed by atoms with Crippen molar-refractivity contribution in [3.8, 4) is 0 Å². The lowest BCUT2D eigenvalue weighted by molar-refractivity contribution is 0.314. The molecule has 0 rings (SSSR count). The zero-order chi connectivity index (χ0) is 20.8. The second kappa shape index (κ2) is 15.1. The first-order valence-electron chi connectivity index (χ1n) is 9.53. The molecule has 0 aromatic heterocycles. The highest BCUT2D eigenvalue weighted by atomic mass is 32.3. The average Bonchev–Trinajstić information content (AvgIpc) is 2.60. The normalized spacial score (nSPS) is 12.6. The van der Waals surface area contributed by atoms with Gasteiger partial charge in [0.2, 0.25) is 18.1 Å². The van der Waals surface area contributed by atoms with Gasteiger partial charge in [-0.05, 0) is 19.3 Å². The van der Waals surface area contributed by atoms with Crippen LogP contribution in [0.4, 0.5) is 0 Å². The van der Waals surface area contributed by atoms with Gasteiger partial charge in [-0.2, -0.15) is 14.0 Å². The molecule has 0 aliphatic carbocycles. The number of hydrogen-bond acceptors (Lipinski definition) is 7. The van der Waals surface area contributed by atoms with Crippen molar-refractivity contribution in [1.29, 1.82) is 0 Å². The van der Waals surface area contributed by atoms with Gasteiger partial charge in [0, 0.05) is 40.8 Å². The Kier molecular flexibility index (Phi) is 16.5. The van der Waals surface area contributed by atoms with Gasteiger partial charge in [-0.3, -0.25) is 4.18 Å². The molecule has 0 N–H and O–H groups in total. The van der Waals surface area contributed by atoms with Crippen LogP contribution in [0.15, 0.2) is 0 Å². The molecule has 0 aliphatic rings. The van der Waals surface area contributed by atoms with Gasteiger partial charge in [-0.1, -0.05) is 40.0 Å². The Balaban J connectivity index is 0. The summed E-state index contributed by atoms with van der Waals surface area (Å²) in [5.41, 5.74) is 0. The Morgan fingerprint density at radius 2 is 1.04 bits per heavy atom. The minimum atomic E-state index is -4.41. The van der Waals surface area contributed by atoms with E-state index in [1.807, 2.05) is 0 Å². The summed E-state index contributed by atoms with van der Waals surface area (Å²) >= 11 is 0. The van der Waals surface area contributed by atoms with Gasteiger partial charge in [0.05, 0.1) is 13.8 Å². The van der Waals surface area contributed by atoms with Crippen LogP contribution in [0.1, 0.15) is 59.3 Å². The van der Waals surface area contributed by atoms with Crippen molar-refractivity contribution in [1.82, 2.24) is 14.0 Å². The molecule has 0 aromatic rings. The molecule has 7 nitrogen and oxygen atoms in total. The number of unbranched alkanes of at least 4 members (excludes halogenated alkanes) is 3. The summed E-state index contributed by atoms with van der Waals surface area (Å²) in [6.45, 7) is 13.0. The first-order chi connectivity index (χ1) is 12.0. The molecule has 0 fully saturated rings. The van der Waals surface area contributed by atoms with Crippen LogP contribution in [0, 0.1) is 0 Å². The minimum absolute atomic E-state index is 0.808. The van der Waals surface area contributed by atoms with Gasteiger partial charge in [0.15, 0.2) is 0 Å². The second-order valence-electron chi connectivity index (χ2n) is 6.65. The van der Waals surface area contributed by atoms with E-state index >= 15 is 0 Å². The summed E-state index contributed by atoms with van der Waals surface area (Å²) in [5, 5.41) is 0. The fraction of sp³-hybridized carbons (Fsp3) is 1.00. The summed E-state index contributed by atoms with van der Waals surface area (Å²) in [4.78, 5) is 0. The Morgan fingerprint density at radius 3 is 1.19 bits per heavy atom. The molecule has 0 heterocycles. The molecule has 0 amide bonds. The molecule has 160 valence electrons. The van der Waals surface area contributed by atoms with Crippen LogP contribution in [0.3, 0.4) is 0 Å². The van der Waals surface area contributed by atoms with Crippen molar-refractivity contribution < 1.29 is 17.2 Å². The molecule has 0 bridgehead atoms. The largest absolute Gasteiger partial charge is 0.726 e. The molecule has 0 atom stereocenters. The Hall–Kier alpha value is 0.180. The topological polar surface area (TPSA) is 76.2 Å². The predicted molar refractivity (Wildman–Crippen MR) is 112 cm³/mol. The van der Waals surface area contributed by atoms with Crippen molar-refractivity contribution in [2.24, 2.45) is 0 Å². The summed E-state index contributed by atoms with van der Waals surface area (Å²) < 4.78 is 38.9. The standard InChI is InChI=1S/C16H39N3P.CH4O4S/c1-8-11-14-17(4)20(7,18(5)15-12-9-2)19(6)16-13-10-3;1-5-6(2,3)4/h8-16H2,1-7H3;1H3,(H,2,3,4)/q+1;/p-1. The molecular weight excluding hydrogens is 373 g/mol. The van der Waals surface area contributed by atoms with Crippen molar-refractivity contribution in [3.63, 3.8) is 0 Å². The lowest BCUT2D eigenvalue weighted by Gasteiger charge is -2.42. The smallest absolute Gasteiger partial charge is 0.223 e. The third kappa shape index (κ3) is 11.8. The van der Waals surface area contributed by atoms with Gasteiger partial charge in [0.25, 0.3) is 0 Å². The molecule has 0 aromatic carbocycles. The Bertz CT molecular complexity index is 402. The van der Waals surface area contributed by atoms with E-state index in [0.29, 0.717) is 0 Å². The van der Waals surface area contributed by atoms with E-state index in [4.69, 9.17) is 0 Å². The van der Waals surface area contributed by atoms with Crippen LogP contribution in [0.5, 0.6) is 0 Å². The van der Waals surface area contributed by atoms with Gasteiger partial charge < -0.3 is 4.55 Å². The van der Waals surface area contributed by atoms with E-state index in [1.165, 1.54) is 58.2 Å². The Labute approximate surface area is 163 Å². The molecule has 0 spiro atoms. The first-order valence-corrected chi connectivity index (χ1v) is 13.0. The van der Waals surface area contributed by atoms with Crippen molar-refractivity contribution in [2.75, 3.05) is 54.6 Å². The summed E-state index contributed by atoms with van der Waals surface area (Å²) in [5.74, 6) is 0. The van der Waals surface area contributed by atoms with E-state index in [-0.39, 0.29) is 0 Å². The molecule has 26 heavy (non-hydrogen) atoms. The van der Waals surface area contributed by atoms with E-state index < -0.39 is 18.1 Å². The summed E-state index contributed by atoms with van der Waals surface area (Å²) in [6, 6.07) is 0. The highest BCUT2D eigenvalue weighted by Crippen LogP contribution is 2.62. The maximum atomic E-state index is 9.22. The maximum Gasteiger partial charge on any atom is 0.223 e. The molecule has 9 heteroatoms. The van der Waals surface area contributed by atoms with Crippen molar-refractivity contribution in [2.45, 2.75) is 59.3 Å². The third-order valence-corrected chi connectivity index (χ3v) is 9.54. The SMILES string of the molecule is CCCCN(C)[P+](C)(N(C)CCCC)N(C)CCCC.COS(=O)(=O)[O-]. The first kappa shape index (κ1) is 28.4. The van der Waals surface area contributed by atoms with Crippen LogP contribution in [-0.2, 0) is 14.6 Å². The molecule has 0 aliphatic heterocycles. The zero-order valence-electron chi connectivity index (χ0n) is 18.2. The number of nitrogens with zero attached hydrogens (tertiary/aromatic N) is 3. The highest BCUT2D eigenvalue weighted by molar-refractivity contribution is 7.80. The van der Waals surface area contributed by atoms with E-state index in [9.17, 15) is 13.0 Å². The molecule has 0 saturated heterocycles. The quantitative estimate of drug-likeness (QED) is 0.258. The van der Waals surface area contributed by atoms with Gasteiger partial charge in [-0.25, -0.2) is 8.42 Å². The van der Waals surface area contributed by atoms with E-state index in [1.54, 1.807) is 0 Å². The predicted octanol–water partition coefficient (Wildman–Crippen LogP) is 3.67. The lowest BCUT2D eigenvalue weighted by atomic mass is 10.3. The number of hydrogen-bond donors (Lipinski definition) is 0. The fourth-order valence-electron chi connectivity index (χ4n) is 2.51. The van der Waals surface area contributed by atoms with Gasteiger partial charge in [0.1, 0.15) is 0 Å². The zero-order valence-corrected chi connectivity index (χ0v) is 19.9.